The summed E-state index contributed by atoms with van der Waals surface area (Å²) in [4.78, 5) is 0. The van der Waals surface area contributed by atoms with Crippen molar-refractivity contribution >= 4 is 0 Å². The summed E-state index contributed by atoms with van der Waals surface area (Å²) in [6.07, 6.45) is 1.39. The van der Waals surface area contributed by atoms with Crippen molar-refractivity contribution in [3.05, 3.63) is 24.3 Å². The Balaban J connectivity index is 1.93. The van der Waals surface area contributed by atoms with Crippen molar-refractivity contribution in [3.63, 3.8) is 0 Å². The predicted molar refractivity (Wildman–Crippen MR) is 68.7 cm³/mol. The fourth-order valence-electron chi connectivity index (χ4n) is 1.86. The molecule has 0 amide bonds. The lowest BCUT2D eigenvalue weighted by atomic mass is 10.2. The third kappa shape index (κ3) is 3.93. The fraction of sp³-hybridized carbons (Fsp3) is 0.571. The van der Waals surface area contributed by atoms with Crippen LogP contribution in [0.25, 0.3) is 0 Å². The van der Waals surface area contributed by atoms with Crippen LogP contribution in [0.5, 0.6) is 11.5 Å². The van der Waals surface area contributed by atoms with Crippen molar-refractivity contribution in [2.75, 3.05) is 13.1 Å². The first-order valence-electron chi connectivity index (χ1n) is 6.19. The lowest BCUT2D eigenvalue weighted by molar-refractivity contribution is 0.130. The van der Waals surface area contributed by atoms with E-state index in [1.165, 1.54) is 0 Å². The maximum atomic E-state index is 5.84. The summed E-state index contributed by atoms with van der Waals surface area (Å²) < 4.78 is 11.6. The first-order valence-corrected chi connectivity index (χ1v) is 6.19. The van der Waals surface area contributed by atoms with Crippen LogP contribution in [0.15, 0.2) is 24.3 Å². The van der Waals surface area contributed by atoms with E-state index in [-0.39, 0.29) is 5.60 Å². The molecule has 2 rings (SSSR count). The molecule has 0 aliphatic carbocycles. The highest BCUT2D eigenvalue weighted by atomic mass is 16.5. The smallest absolute Gasteiger partial charge is 0.120 e. The molecule has 1 saturated heterocycles. The molecular weight excluding hydrogens is 214 g/mol. The second-order valence-corrected chi connectivity index (χ2v) is 5.42. The van der Waals surface area contributed by atoms with Gasteiger partial charge in [0.25, 0.3) is 0 Å². The molecule has 94 valence electrons. The number of rotatable bonds is 3. The molecule has 1 unspecified atom stereocenters. The van der Waals surface area contributed by atoms with Crippen molar-refractivity contribution < 1.29 is 9.47 Å². The van der Waals surface area contributed by atoms with Crippen LogP contribution in [0, 0.1) is 0 Å². The average Bonchev–Trinajstić information content (AvgIpc) is 2.71. The quantitative estimate of drug-likeness (QED) is 0.873. The van der Waals surface area contributed by atoms with Crippen molar-refractivity contribution in [1.82, 2.24) is 5.32 Å². The van der Waals surface area contributed by atoms with E-state index < -0.39 is 0 Å². The van der Waals surface area contributed by atoms with Gasteiger partial charge >= 0.3 is 0 Å². The SMILES string of the molecule is CC(C)(C)Oc1ccc(OC2CCNC2)cc1. The van der Waals surface area contributed by atoms with Gasteiger partial charge in [-0.3, -0.25) is 0 Å². The first-order chi connectivity index (χ1) is 8.03. The lowest BCUT2D eigenvalue weighted by Crippen LogP contribution is -2.23. The molecule has 1 N–H and O–H groups in total. The minimum absolute atomic E-state index is 0.155. The van der Waals surface area contributed by atoms with Crippen LogP contribution in [-0.2, 0) is 0 Å². The van der Waals surface area contributed by atoms with Crippen LogP contribution in [0.4, 0.5) is 0 Å². The van der Waals surface area contributed by atoms with Crippen molar-refractivity contribution in [2.45, 2.75) is 38.9 Å². The number of hydrogen-bond donors (Lipinski definition) is 1. The molecule has 0 spiro atoms. The maximum absolute atomic E-state index is 5.84. The molecule has 3 heteroatoms. The maximum Gasteiger partial charge on any atom is 0.120 e. The zero-order valence-corrected chi connectivity index (χ0v) is 10.8. The normalized spacial score (nSPS) is 20.3. The number of ether oxygens (including phenoxy) is 2. The molecule has 1 fully saturated rings. The van der Waals surface area contributed by atoms with Crippen molar-refractivity contribution in [3.8, 4) is 11.5 Å². The Morgan fingerprint density at radius 2 is 1.76 bits per heavy atom. The monoisotopic (exact) mass is 235 g/mol. The molecule has 17 heavy (non-hydrogen) atoms. The minimum atomic E-state index is -0.155. The molecule has 1 aromatic rings. The van der Waals surface area contributed by atoms with Crippen LogP contribution in [0.2, 0.25) is 0 Å². The molecule has 3 nitrogen and oxygen atoms in total. The van der Waals surface area contributed by atoms with Crippen molar-refractivity contribution in [2.24, 2.45) is 0 Å². The van der Waals surface area contributed by atoms with E-state index in [0.717, 1.165) is 31.0 Å². The zero-order chi connectivity index (χ0) is 12.3. The van der Waals surface area contributed by atoms with Gasteiger partial charge in [0, 0.05) is 6.54 Å². The summed E-state index contributed by atoms with van der Waals surface area (Å²) in [6, 6.07) is 7.87. The highest BCUT2D eigenvalue weighted by molar-refractivity contribution is 5.31. The molecule has 0 aromatic heterocycles. The van der Waals surface area contributed by atoms with Gasteiger partial charge in [-0.25, -0.2) is 0 Å². The van der Waals surface area contributed by atoms with Crippen LogP contribution in [-0.4, -0.2) is 24.8 Å². The summed E-state index contributed by atoms with van der Waals surface area (Å²) in [7, 11) is 0. The molecular formula is C14H21NO2. The molecule has 0 radical (unpaired) electrons. The Morgan fingerprint density at radius 3 is 2.29 bits per heavy atom. The summed E-state index contributed by atoms with van der Waals surface area (Å²) in [5.41, 5.74) is -0.155. The van der Waals surface area contributed by atoms with E-state index in [1.54, 1.807) is 0 Å². The second kappa shape index (κ2) is 4.96. The average molecular weight is 235 g/mol. The Kier molecular flexibility index (Phi) is 3.57. The van der Waals surface area contributed by atoms with Crippen LogP contribution in [0.1, 0.15) is 27.2 Å². The topological polar surface area (TPSA) is 30.5 Å². The number of hydrogen-bond acceptors (Lipinski definition) is 3. The number of nitrogens with one attached hydrogen (secondary N) is 1. The highest BCUT2D eigenvalue weighted by Crippen LogP contribution is 2.22. The van der Waals surface area contributed by atoms with E-state index in [9.17, 15) is 0 Å². The second-order valence-electron chi connectivity index (χ2n) is 5.42. The van der Waals surface area contributed by atoms with E-state index in [2.05, 4.69) is 5.32 Å². The van der Waals surface area contributed by atoms with Gasteiger partial charge in [-0.2, -0.15) is 0 Å². The first kappa shape index (κ1) is 12.2. The van der Waals surface area contributed by atoms with Gasteiger partial charge in [0.05, 0.1) is 0 Å². The molecule has 1 aliphatic heterocycles. The summed E-state index contributed by atoms with van der Waals surface area (Å²) >= 11 is 0. The van der Waals surface area contributed by atoms with Gasteiger partial charge < -0.3 is 14.8 Å². The largest absolute Gasteiger partial charge is 0.489 e. The van der Waals surface area contributed by atoms with E-state index in [1.807, 2.05) is 45.0 Å². The van der Waals surface area contributed by atoms with Crippen LogP contribution < -0.4 is 14.8 Å². The molecule has 1 atom stereocenters. The molecule has 1 heterocycles. The molecule has 0 bridgehead atoms. The predicted octanol–water partition coefficient (Wildman–Crippen LogP) is 2.60. The lowest BCUT2D eigenvalue weighted by Gasteiger charge is -2.21. The summed E-state index contributed by atoms with van der Waals surface area (Å²) in [5, 5.41) is 3.29. The van der Waals surface area contributed by atoms with Crippen LogP contribution in [0.3, 0.4) is 0 Å². The Morgan fingerprint density at radius 1 is 1.12 bits per heavy atom. The van der Waals surface area contributed by atoms with Gasteiger partial charge in [-0.15, -0.1) is 0 Å². The van der Waals surface area contributed by atoms with Gasteiger partial charge in [0.15, 0.2) is 0 Å². The summed E-state index contributed by atoms with van der Waals surface area (Å²) in [5.74, 6) is 1.80. The molecule has 1 aliphatic rings. The van der Waals surface area contributed by atoms with E-state index in [4.69, 9.17) is 9.47 Å². The Bertz CT molecular complexity index is 347. The number of benzene rings is 1. The third-order valence-electron chi connectivity index (χ3n) is 2.57. The molecule has 0 saturated carbocycles. The Hall–Kier alpha value is -1.22. The third-order valence-corrected chi connectivity index (χ3v) is 2.57. The molecule has 1 aromatic carbocycles. The summed E-state index contributed by atoms with van der Waals surface area (Å²) in [6.45, 7) is 8.13. The van der Waals surface area contributed by atoms with Gasteiger partial charge in [-0.1, -0.05) is 0 Å². The highest BCUT2D eigenvalue weighted by Gasteiger charge is 2.16. The van der Waals surface area contributed by atoms with E-state index in [0.29, 0.717) is 6.10 Å². The Labute approximate surface area is 103 Å². The van der Waals surface area contributed by atoms with E-state index >= 15 is 0 Å². The van der Waals surface area contributed by atoms with Crippen LogP contribution >= 0.6 is 0 Å². The standard InChI is InChI=1S/C14H21NO2/c1-14(2,3)17-12-6-4-11(5-7-12)16-13-8-9-15-10-13/h4-7,13,15H,8-10H2,1-3H3. The van der Waals surface area contributed by atoms with Gasteiger partial charge in [-0.05, 0) is 58.0 Å². The van der Waals surface area contributed by atoms with Gasteiger partial charge in [0.2, 0.25) is 0 Å². The zero-order valence-electron chi connectivity index (χ0n) is 10.8. The minimum Gasteiger partial charge on any atom is -0.489 e. The fourth-order valence-corrected chi connectivity index (χ4v) is 1.86. The van der Waals surface area contributed by atoms with Crippen molar-refractivity contribution in [1.29, 1.82) is 0 Å². The van der Waals surface area contributed by atoms with Gasteiger partial charge in [0.1, 0.15) is 23.2 Å².